The number of carboxylic acid groups (broad SMARTS) is 1. The summed E-state index contributed by atoms with van der Waals surface area (Å²) < 4.78 is 5.93. The molecule has 1 N–H and O–H groups in total. The normalized spacial score (nSPS) is 10.1. The van der Waals surface area contributed by atoms with Gasteiger partial charge in [0.15, 0.2) is 0 Å². The van der Waals surface area contributed by atoms with Gasteiger partial charge < -0.3 is 20.0 Å². The summed E-state index contributed by atoms with van der Waals surface area (Å²) in [6, 6.07) is 7.44. The molecule has 1 aromatic heterocycles. The van der Waals surface area contributed by atoms with Gasteiger partial charge in [0, 0.05) is 10.0 Å². The fraction of sp³-hybridized carbons (Fsp3) is 0.0769. The molecule has 0 saturated heterocycles. The van der Waals surface area contributed by atoms with Gasteiger partial charge in [0.2, 0.25) is 5.75 Å². The molecule has 7 nitrogen and oxygen atoms in total. The smallest absolute Gasteiger partial charge is 0.406 e. The van der Waals surface area contributed by atoms with Crippen molar-refractivity contribution in [2.45, 2.75) is 6.61 Å². The maximum absolute atomic E-state index is 10.8. The molecule has 0 amide bonds. The Balaban J connectivity index is 2.17. The van der Waals surface area contributed by atoms with Crippen LogP contribution in [0.2, 0.25) is 0 Å². The molecule has 2 rings (SSSR count). The van der Waals surface area contributed by atoms with Gasteiger partial charge in [0.1, 0.15) is 12.8 Å². The molecule has 8 heteroatoms. The van der Waals surface area contributed by atoms with Crippen LogP contribution in [0.3, 0.4) is 0 Å². The number of halogens is 1. The second kappa shape index (κ2) is 6.31. The number of aromatic nitrogens is 1. The minimum Gasteiger partial charge on any atom is -0.481 e. The Hall–Kier alpha value is -2.48. The van der Waals surface area contributed by atoms with Gasteiger partial charge in [-0.1, -0.05) is 22.0 Å². The first-order valence-electron chi connectivity index (χ1n) is 5.73. The monoisotopic (exact) mass is 352 g/mol. The van der Waals surface area contributed by atoms with Crippen molar-refractivity contribution in [3.63, 3.8) is 0 Å². The maximum Gasteiger partial charge on any atom is 0.406 e. The van der Waals surface area contributed by atoms with E-state index in [9.17, 15) is 14.9 Å². The first-order valence-corrected chi connectivity index (χ1v) is 6.52. The van der Waals surface area contributed by atoms with E-state index in [2.05, 4.69) is 20.9 Å². The molecule has 1 aromatic carbocycles. The van der Waals surface area contributed by atoms with E-state index in [1.165, 1.54) is 30.5 Å². The van der Waals surface area contributed by atoms with Crippen LogP contribution in [0.25, 0.3) is 0 Å². The molecule has 1 heterocycles. The summed E-state index contributed by atoms with van der Waals surface area (Å²) in [4.78, 5) is 24.6. The van der Waals surface area contributed by atoms with Crippen molar-refractivity contribution in [1.29, 1.82) is 0 Å². The predicted molar refractivity (Wildman–Crippen MR) is 76.3 cm³/mol. The van der Waals surface area contributed by atoms with Gasteiger partial charge in [-0.05, 0) is 34.2 Å². The number of nitrogens with zero attached hydrogens (tertiary/aromatic N) is 2. The number of ether oxygens (including phenoxy) is 1. The molecule has 0 radical (unpaired) electrons. The molecule has 0 aliphatic heterocycles. The highest BCUT2D eigenvalue weighted by molar-refractivity contribution is 9.10. The number of nitro groups is 1. The molecule has 0 saturated carbocycles. The zero-order chi connectivity index (χ0) is 15.4. The van der Waals surface area contributed by atoms with Gasteiger partial charge in [-0.2, -0.15) is 0 Å². The third-order valence-corrected chi connectivity index (χ3v) is 3.35. The van der Waals surface area contributed by atoms with Gasteiger partial charge in [-0.3, -0.25) is 0 Å². The number of rotatable bonds is 5. The van der Waals surface area contributed by atoms with E-state index in [-0.39, 0.29) is 23.7 Å². The second-order valence-electron chi connectivity index (χ2n) is 3.98. The van der Waals surface area contributed by atoms with E-state index >= 15 is 0 Å². The lowest BCUT2D eigenvalue weighted by Crippen LogP contribution is -2.02. The number of aromatic carboxylic acids is 1. The van der Waals surface area contributed by atoms with Gasteiger partial charge in [0.05, 0.1) is 5.56 Å². The Labute approximate surface area is 127 Å². The topological polar surface area (TPSA) is 103 Å². The molecule has 0 spiro atoms. The third-order valence-electron chi connectivity index (χ3n) is 2.61. The lowest BCUT2D eigenvalue weighted by atomic mass is 10.1. The first-order chi connectivity index (χ1) is 9.99. The molecule has 0 bridgehead atoms. The number of carboxylic acids is 1. The highest BCUT2D eigenvalue weighted by Crippen LogP contribution is 2.26. The van der Waals surface area contributed by atoms with E-state index < -0.39 is 10.9 Å². The molecular weight excluding hydrogens is 344 g/mol. The highest BCUT2D eigenvalue weighted by Gasteiger charge is 2.16. The van der Waals surface area contributed by atoms with Crippen molar-refractivity contribution >= 4 is 27.7 Å². The summed E-state index contributed by atoms with van der Waals surface area (Å²) >= 11 is 3.24. The van der Waals surface area contributed by atoms with Gasteiger partial charge in [0.25, 0.3) is 0 Å². The van der Waals surface area contributed by atoms with Crippen molar-refractivity contribution in [2.24, 2.45) is 0 Å². The number of hydrogen-bond donors (Lipinski definition) is 1. The van der Waals surface area contributed by atoms with E-state index in [1.54, 1.807) is 6.07 Å². The predicted octanol–water partition coefficient (Wildman–Crippen LogP) is 3.03. The molecule has 0 fully saturated rings. The van der Waals surface area contributed by atoms with Crippen LogP contribution in [0, 0.1) is 10.1 Å². The summed E-state index contributed by atoms with van der Waals surface area (Å²) in [7, 11) is 0. The average molecular weight is 353 g/mol. The van der Waals surface area contributed by atoms with Crippen LogP contribution in [0.4, 0.5) is 5.82 Å². The van der Waals surface area contributed by atoms with Crippen LogP contribution in [0.5, 0.6) is 5.75 Å². The SMILES string of the molecule is O=C(O)c1ccc(COc2cccnc2[N+](=O)[O-])c(Br)c1. The molecule has 0 atom stereocenters. The zero-order valence-electron chi connectivity index (χ0n) is 10.5. The zero-order valence-corrected chi connectivity index (χ0v) is 12.1. The minimum atomic E-state index is -1.04. The Morgan fingerprint density at radius 3 is 2.81 bits per heavy atom. The first kappa shape index (κ1) is 14.9. The van der Waals surface area contributed by atoms with E-state index in [0.29, 0.717) is 10.0 Å². The summed E-state index contributed by atoms with van der Waals surface area (Å²) in [6.07, 6.45) is 1.31. The molecule has 2 aromatic rings. The number of hydrogen-bond acceptors (Lipinski definition) is 5. The lowest BCUT2D eigenvalue weighted by molar-refractivity contribution is -0.390. The van der Waals surface area contributed by atoms with Gasteiger partial charge >= 0.3 is 11.8 Å². The number of benzene rings is 1. The molecule has 0 aliphatic carbocycles. The fourth-order valence-electron chi connectivity index (χ4n) is 1.58. The van der Waals surface area contributed by atoms with Crippen molar-refractivity contribution in [1.82, 2.24) is 4.98 Å². The summed E-state index contributed by atoms with van der Waals surface area (Å²) in [5.74, 6) is -1.35. The maximum atomic E-state index is 10.8. The molecule has 0 unspecified atom stereocenters. The molecule has 0 aliphatic rings. The lowest BCUT2D eigenvalue weighted by Gasteiger charge is -2.08. The summed E-state index contributed by atoms with van der Waals surface area (Å²) in [5, 5.41) is 19.7. The van der Waals surface area contributed by atoms with Gasteiger partial charge in [-0.15, -0.1) is 0 Å². The fourth-order valence-corrected chi connectivity index (χ4v) is 2.08. The average Bonchev–Trinajstić information content (AvgIpc) is 2.46. The van der Waals surface area contributed by atoms with Crippen molar-refractivity contribution in [3.8, 4) is 5.75 Å². The van der Waals surface area contributed by atoms with Crippen LogP contribution in [0.15, 0.2) is 41.0 Å². The standard InChI is InChI=1S/C13H9BrN2O5/c14-10-6-8(13(17)18)3-4-9(10)7-21-11-2-1-5-15-12(11)16(19)20/h1-6H,7H2,(H,17,18). The molecule has 21 heavy (non-hydrogen) atoms. The van der Waals surface area contributed by atoms with E-state index in [0.717, 1.165) is 0 Å². The van der Waals surface area contributed by atoms with Crippen LogP contribution >= 0.6 is 15.9 Å². The third kappa shape index (κ3) is 3.54. The van der Waals surface area contributed by atoms with Crippen molar-refractivity contribution in [2.75, 3.05) is 0 Å². The molecular formula is C13H9BrN2O5. The number of pyridine rings is 1. The highest BCUT2D eigenvalue weighted by atomic mass is 79.9. The Morgan fingerprint density at radius 1 is 1.43 bits per heavy atom. The second-order valence-corrected chi connectivity index (χ2v) is 4.84. The van der Waals surface area contributed by atoms with Crippen LogP contribution in [0.1, 0.15) is 15.9 Å². The van der Waals surface area contributed by atoms with Crippen LogP contribution in [-0.2, 0) is 6.61 Å². The molecule has 108 valence electrons. The Kier molecular flexibility index (Phi) is 4.49. The van der Waals surface area contributed by atoms with E-state index in [1.807, 2.05) is 0 Å². The quantitative estimate of drug-likeness (QED) is 0.655. The summed E-state index contributed by atoms with van der Waals surface area (Å²) in [6.45, 7) is 0.0486. The summed E-state index contributed by atoms with van der Waals surface area (Å²) in [5.41, 5.74) is 0.802. The van der Waals surface area contributed by atoms with Crippen molar-refractivity contribution < 1.29 is 19.6 Å². The Morgan fingerprint density at radius 2 is 2.19 bits per heavy atom. The largest absolute Gasteiger partial charge is 0.481 e. The Bertz CT molecular complexity index is 705. The van der Waals surface area contributed by atoms with Gasteiger partial charge in [-0.25, -0.2) is 4.79 Å². The van der Waals surface area contributed by atoms with Crippen molar-refractivity contribution in [3.05, 3.63) is 62.2 Å². The number of carbonyl (C=O) groups is 1. The van der Waals surface area contributed by atoms with E-state index in [4.69, 9.17) is 9.84 Å². The minimum absolute atomic E-state index is 0.0486. The van der Waals surface area contributed by atoms with Crippen LogP contribution < -0.4 is 4.74 Å². The van der Waals surface area contributed by atoms with Crippen LogP contribution in [-0.4, -0.2) is 21.0 Å².